The predicted molar refractivity (Wildman–Crippen MR) is 70.9 cm³/mol. The van der Waals surface area contributed by atoms with Crippen molar-refractivity contribution in [1.29, 1.82) is 0 Å². The molecule has 6 nitrogen and oxygen atoms in total. The van der Waals surface area contributed by atoms with Gasteiger partial charge in [0.1, 0.15) is 11.6 Å². The van der Waals surface area contributed by atoms with Crippen LogP contribution in [-0.2, 0) is 0 Å². The third-order valence-corrected chi connectivity index (χ3v) is 3.06. The van der Waals surface area contributed by atoms with Gasteiger partial charge in [0, 0.05) is 13.1 Å². The first-order chi connectivity index (χ1) is 8.58. The van der Waals surface area contributed by atoms with Gasteiger partial charge in [-0.15, -0.1) is 0 Å². The number of hydrogen-bond acceptors (Lipinski definition) is 5. The summed E-state index contributed by atoms with van der Waals surface area (Å²) in [4.78, 5) is 14.7. The van der Waals surface area contributed by atoms with Crippen LogP contribution in [-0.4, -0.2) is 23.0 Å². The first-order valence-electron chi connectivity index (χ1n) is 6.19. The van der Waals surface area contributed by atoms with Gasteiger partial charge in [-0.25, -0.2) is 4.98 Å². The van der Waals surface area contributed by atoms with Crippen molar-refractivity contribution >= 4 is 17.3 Å². The van der Waals surface area contributed by atoms with Crippen LogP contribution in [0.2, 0.25) is 0 Å². The van der Waals surface area contributed by atoms with E-state index in [1.807, 2.05) is 0 Å². The summed E-state index contributed by atoms with van der Waals surface area (Å²) in [7, 11) is 1.70. The molecule has 1 aromatic rings. The molecule has 1 aliphatic rings. The van der Waals surface area contributed by atoms with E-state index in [9.17, 15) is 10.1 Å². The molecule has 2 N–H and O–H groups in total. The lowest BCUT2D eigenvalue weighted by atomic mass is 10.1. The monoisotopic (exact) mass is 250 g/mol. The van der Waals surface area contributed by atoms with Gasteiger partial charge in [-0.1, -0.05) is 12.8 Å². The second-order valence-electron chi connectivity index (χ2n) is 4.83. The average Bonchev–Trinajstić information content (AvgIpc) is 3.12. The van der Waals surface area contributed by atoms with E-state index in [0.717, 1.165) is 12.3 Å². The summed E-state index contributed by atoms with van der Waals surface area (Å²) in [5.74, 6) is 1.88. The second-order valence-corrected chi connectivity index (χ2v) is 4.83. The Kier molecular flexibility index (Phi) is 3.64. The quantitative estimate of drug-likeness (QED) is 0.599. The maximum absolute atomic E-state index is 10.8. The summed E-state index contributed by atoms with van der Waals surface area (Å²) in [5.41, 5.74) is 0.0514. The lowest BCUT2D eigenvalue weighted by molar-refractivity contribution is -0.384. The number of nitrogens with zero attached hydrogens (tertiary/aromatic N) is 2. The number of hydrogen-bond donors (Lipinski definition) is 2. The lowest BCUT2D eigenvalue weighted by Gasteiger charge is -2.14. The number of pyridine rings is 1. The molecule has 1 aliphatic carbocycles. The van der Waals surface area contributed by atoms with E-state index in [1.165, 1.54) is 25.0 Å². The summed E-state index contributed by atoms with van der Waals surface area (Å²) in [5, 5.41) is 16.9. The third kappa shape index (κ3) is 3.32. The van der Waals surface area contributed by atoms with Gasteiger partial charge in [-0.3, -0.25) is 10.1 Å². The van der Waals surface area contributed by atoms with Crippen molar-refractivity contribution < 1.29 is 4.92 Å². The Morgan fingerprint density at radius 2 is 2.17 bits per heavy atom. The maximum Gasteiger partial charge on any atom is 0.276 e. The third-order valence-electron chi connectivity index (χ3n) is 3.06. The van der Waals surface area contributed by atoms with Crippen LogP contribution in [0.3, 0.4) is 0 Å². The molecule has 1 unspecified atom stereocenters. The van der Waals surface area contributed by atoms with Crippen LogP contribution in [0, 0.1) is 16.0 Å². The molecule has 6 heteroatoms. The molecule has 0 bridgehead atoms. The molecule has 0 amide bonds. The number of anilines is 2. The van der Waals surface area contributed by atoms with Crippen LogP contribution in [0.15, 0.2) is 12.1 Å². The average molecular weight is 250 g/mol. The van der Waals surface area contributed by atoms with Crippen molar-refractivity contribution in [2.45, 2.75) is 32.2 Å². The Hall–Kier alpha value is -1.85. The van der Waals surface area contributed by atoms with Gasteiger partial charge in [0.2, 0.25) is 0 Å². The maximum atomic E-state index is 10.8. The van der Waals surface area contributed by atoms with Gasteiger partial charge >= 0.3 is 0 Å². The lowest BCUT2D eigenvalue weighted by Crippen LogP contribution is -2.17. The van der Waals surface area contributed by atoms with E-state index in [0.29, 0.717) is 11.6 Å². The van der Waals surface area contributed by atoms with Crippen molar-refractivity contribution in [1.82, 2.24) is 4.98 Å². The molecule has 1 atom stereocenters. The van der Waals surface area contributed by atoms with E-state index in [-0.39, 0.29) is 11.7 Å². The van der Waals surface area contributed by atoms with Crippen molar-refractivity contribution in [3.8, 4) is 0 Å². The van der Waals surface area contributed by atoms with Gasteiger partial charge in [-0.2, -0.15) is 0 Å². The number of rotatable bonds is 6. The van der Waals surface area contributed by atoms with E-state index >= 15 is 0 Å². The van der Waals surface area contributed by atoms with Crippen LogP contribution in [0.5, 0.6) is 0 Å². The summed E-state index contributed by atoms with van der Waals surface area (Å²) < 4.78 is 0. The summed E-state index contributed by atoms with van der Waals surface area (Å²) >= 11 is 0. The van der Waals surface area contributed by atoms with Crippen LogP contribution < -0.4 is 10.6 Å². The first kappa shape index (κ1) is 12.6. The zero-order valence-corrected chi connectivity index (χ0v) is 10.6. The smallest absolute Gasteiger partial charge is 0.276 e. The predicted octanol–water partition coefficient (Wildman–Crippen LogP) is 2.63. The molecule has 1 aromatic heterocycles. The molecule has 0 saturated heterocycles. The Bertz CT molecular complexity index is 446. The fourth-order valence-corrected chi connectivity index (χ4v) is 1.99. The van der Waals surface area contributed by atoms with E-state index < -0.39 is 4.92 Å². The highest BCUT2D eigenvalue weighted by Gasteiger charge is 2.23. The minimum absolute atomic E-state index is 0.0514. The van der Waals surface area contributed by atoms with Gasteiger partial charge in [-0.05, 0) is 19.3 Å². The van der Waals surface area contributed by atoms with E-state index in [1.54, 1.807) is 7.05 Å². The zero-order chi connectivity index (χ0) is 13.1. The number of nitro groups is 1. The molecule has 0 radical (unpaired) electrons. The Morgan fingerprint density at radius 3 is 2.72 bits per heavy atom. The Balaban J connectivity index is 2.09. The first-order valence-corrected chi connectivity index (χ1v) is 6.19. The summed E-state index contributed by atoms with van der Waals surface area (Å²) in [6, 6.07) is 3.19. The molecular formula is C12H18N4O2. The Morgan fingerprint density at radius 1 is 1.50 bits per heavy atom. The minimum Gasteiger partial charge on any atom is -0.373 e. The standard InChI is InChI=1S/C12H18N4O2/c1-8(5-9-3-4-9)14-12-7-10(16(17)18)6-11(13-2)15-12/h6-9H,3-5H2,1-2H3,(H2,13,14,15). The summed E-state index contributed by atoms with van der Waals surface area (Å²) in [6.07, 6.45) is 3.70. The largest absolute Gasteiger partial charge is 0.373 e. The SMILES string of the molecule is CNc1cc([N+](=O)[O-])cc(NC(C)CC2CC2)n1. The van der Waals surface area contributed by atoms with Crippen molar-refractivity contribution in [2.75, 3.05) is 17.7 Å². The van der Waals surface area contributed by atoms with Crippen LogP contribution in [0.4, 0.5) is 17.3 Å². The molecule has 1 fully saturated rings. The van der Waals surface area contributed by atoms with Gasteiger partial charge in [0.05, 0.1) is 17.1 Å². The second kappa shape index (κ2) is 5.20. The molecule has 0 spiro atoms. The van der Waals surface area contributed by atoms with Gasteiger partial charge < -0.3 is 10.6 Å². The molecule has 1 saturated carbocycles. The van der Waals surface area contributed by atoms with Crippen LogP contribution in [0.1, 0.15) is 26.2 Å². The Labute approximate surface area is 106 Å². The highest BCUT2D eigenvalue weighted by Crippen LogP contribution is 2.34. The molecular weight excluding hydrogens is 232 g/mol. The summed E-state index contributed by atoms with van der Waals surface area (Å²) in [6.45, 7) is 2.08. The van der Waals surface area contributed by atoms with Gasteiger partial charge in [0.25, 0.3) is 5.69 Å². The normalized spacial score (nSPS) is 16.1. The van der Waals surface area contributed by atoms with Crippen molar-refractivity contribution in [3.63, 3.8) is 0 Å². The zero-order valence-electron chi connectivity index (χ0n) is 10.6. The molecule has 1 heterocycles. The molecule has 0 aliphatic heterocycles. The van der Waals surface area contributed by atoms with E-state index in [4.69, 9.17) is 0 Å². The van der Waals surface area contributed by atoms with Crippen LogP contribution >= 0.6 is 0 Å². The number of nitrogens with one attached hydrogen (secondary N) is 2. The fourth-order valence-electron chi connectivity index (χ4n) is 1.99. The van der Waals surface area contributed by atoms with Crippen molar-refractivity contribution in [2.24, 2.45) is 5.92 Å². The fraction of sp³-hybridized carbons (Fsp3) is 0.583. The van der Waals surface area contributed by atoms with E-state index in [2.05, 4.69) is 22.5 Å². The van der Waals surface area contributed by atoms with Crippen LogP contribution in [0.25, 0.3) is 0 Å². The highest BCUT2D eigenvalue weighted by atomic mass is 16.6. The molecule has 0 aromatic carbocycles. The molecule has 18 heavy (non-hydrogen) atoms. The van der Waals surface area contributed by atoms with Gasteiger partial charge in [0.15, 0.2) is 0 Å². The molecule has 2 rings (SSSR count). The topological polar surface area (TPSA) is 80.1 Å². The minimum atomic E-state index is -0.404. The highest BCUT2D eigenvalue weighted by molar-refractivity contribution is 5.54. The molecule has 98 valence electrons. The number of aromatic nitrogens is 1. The van der Waals surface area contributed by atoms with Crippen molar-refractivity contribution in [3.05, 3.63) is 22.2 Å².